The third kappa shape index (κ3) is 2.31. The normalized spacial score (nSPS) is 16.4. The number of nitrogens with zero attached hydrogens (tertiary/aromatic N) is 6. The highest BCUT2D eigenvalue weighted by Crippen LogP contribution is 2.23. The number of imidazole rings is 1. The minimum absolute atomic E-state index is 0.723. The molecular formula is C13H15N7S. The maximum atomic E-state index is 4.44. The molecule has 0 unspecified atom stereocenters. The van der Waals surface area contributed by atoms with E-state index in [4.69, 9.17) is 0 Å². The van der Waals surface area contributed by atoms with Crippen molar-refractivity contribution in [3.63, 3.8) is 0 Å². The number of hydrogen-bond donors (Lipinski definition) is 1. The third-order valence-electron chi connectivity index (χ3n) is 3.69. The lowest BCUT2D eigenvalue weighted by Gasteiger charge is -2.22. The summed E-state index contributed by atoms with van der Waals surface area (Å²) in [5.74, 6) is 0.943. The molecule has 0 radical (unpaired) electrons. The van der Waals surface area contributed by atoms with Gasteiger partial charge in [-0.1, -0.05) is 0 Å². The molecule has 3 aromatic rings. The van der Waals surface area contributed by atoms with Crippen molar-refractivity contribution in [1.82, 2.24) is 24.9 Å². The molecule has 0 saturated carbocycles. The smallest absolute Gasteiger partial charge is 0.185 e. The lowest BCUT2D eigenvalue weighted by molar-refractivity contribution is 0.798. The van der Waals surface area contributed by atoms with Crippen LogP contribution in [0.4, 0.5) is 10.9 Å². The lowest BCUT2D eigenvalue weighted by Crippen LogP contribution is -2.31. The summed E-state index contributed by atoms with van der Waals surface area (Å²) in [4.78, 5) is 25.0. The summed E-state index contributed by atoms with van der Waals surface area (Å²) in [6.07, 6.45) is 6.20. The van der Waals surface area contributed by atoms with E-state index in [2.05, 4.69) is 34.7 Å². The van der Waals surface area contributed by atoms with E-state index >= 15 is 0 Å². The molecule has 0 atom stereocenters. The molecule has 108 valence electrons. The summed E-state index contributed by atoms with van der Waals surface area (Å²) >= 11 is 1.69. The van der Waals surface area contributed by atoms with E-state index in [1.807, 2.05) is 11.6 Å². The van der Waals surface area contributed by atoms with Gasteiger partial charge in [0.1, 0.15) is 11.8 Å². The SMILES string of the molecule is c1csc(N2CCCN(c3ncnc4nc[nH]c34)CC2)n1. The topological polar surface area (TPSA) is 73.8 Å². The first kappa shape index (κ1) is 12.5. The molecule has 0 bridgehead atoms. The summed E-state index contributed by atoms with van der Waals surface area (Å²) in [6.45, 7) is 3.88. The minimum Gasteiger partial charge on any atom is -0.353 e. The summed E-state index contributed by atoms with van der Waals surface area (Å²) in [6, 6.07) is 0. The van der Waals surface area contributed by atoms with Crippen molar-refractivity contribution in [2.45, 2.75) is 6.42 Å². The van der Waals surface area contributed by atoms with Gasteiger partial charge in [-0.05, 0) is 6.42 Å². The van der Waals surface area contributed by atoms with Crippen LogP contribution in [0.15, 0.2) is 24.2 Å². The van der Waals surface area contributed by atoms with E-state index in [0.717, 1.165) is 54.7 Å². The van der Waals surface area contributed by atoms with Crippen LogP contribution >= 0.6 is 11.3 Å². The molecule has 21 heavy (non-hydrogen) atoms. The number of rotatable bonds is 2. The molecule has 0 aliphatic carbocycles. The first-order chi connectivity index (χ1) is 10.4. The molecule has 0 amide bonds. The Morgan fingerprint density at radius 2 is 1.90 bits per heavy atom. The van der Waals surface area contributed by atoms with Gasteiger partial charge in [-0.15, -0.1) is 11.3 Å². The van der Waals surface area contributed by atoms with E-state index in [1.165, 1.54) is 0 Å². The van der Waals surface area contributed by atoms with Crippen LogP contribution in [0.3, 0.4) is 0 Å². The second-order valence-electron chi connectivity index (χ2n) is 4.94. The lowest BCUT2D eigenvalue weighted by atomic mass is 10.3. The number of aromatic nitrogens is 5. The van der Waals surface area contributed by atoms with Crippen LogP contribution in [-0.4, -0.2) is 51.1 Å². The van der Waals surface area contributed by atoms with Crippen molar-refractivity contribution in [1.29, 1.82) is 0 Å². The zero-order valence-electron chi connectivity index (χ0n) is 11.4. The van der Waals surface area contributed by atoms with Gasteiger partial charge in [0.25, 0.3) is 0 Å². The molecule has 3 aromatic heterocycles. The van der Waals surface area contributed by atoms with Gasteiger partial charge in [0.2, 0.25) is 0 Å². The molecule has 1 aliphatic rings. The van der Waals surface area contributed by atoms with Crippen molar-refractivity contribution in [2.75, 3.05) is 36.0 Å². The molecule has 7 nitrogen and oxygen atoms in total. The Bertz CT molecular complexity index is 723. The molecule has 4 rings (SSSR count). The fourth-order valence-corrected chi connectivity index (χ4v) is 3.38. The van der Waals surface area contributed by atoms with E-state index < -0.39 is 0 Å². The van der Waals surface area contributed by atoms with E-state index in [0.29, 0.717) is 0 Å². The molecule has 4 heterocycles. The van der Waals surface area contributed by atoms with Gasteiger partial charge in [-0.3, -0.25) is 0 Å². The maximum absolute atomic E-state index is 4.44. The molecule has 0 aromatic carbocycles. The number of H-pyrrole nitrogens is 1. The zero-order chi connectivity index (χ0) is 14.1. The van der Waals surface area contributed by atoms with E-state index in [9.17, 15) is 0 Å². The van der Waals surface area contributed by atoms with Crippen LogP contribution < -0.4 is 9.80 Å². The van der Waals surface area contributed by atoms with Crippen LogP contribution in [0.25, 0.3) is 11.2 Å². The largest absolute Gasteiger partial charge is 0.353 e. The highest BCUT2D eigenvalue weighted by atomic mass is 32.1. The molecule has 1 fully saturated rings. The van der Waals surface area contributed by atoms with Gasteiger partial charge >= 0.3 is 0 Å². The number of thiazole rings is 1. The molecule has 1 aliphatic heterocycles. The van der Waals surface area contributed by atoms with Crippen molar-refractivity contribution >= 4 is 33.5 Å². The van der Waals surface area contributed by atoms with Gasteiger partial charge < -0.3 is 14.8 Å². The van der Waals surface area contributed by atoms with Gasteiger partial charge in [0.05, 0.1) is 6.33 Å². The van der Waals surface area contributed by atoms with Crippen LogP contribution in [0.1, 0.15) is 6.42 Å². The summed E-state index contributed by atoms with van der Waals surface area (Å²) in [5.41, 5.74) is 1.64. The average Bonchev–Trinajstić information content (AvgIpc) is 3.14. The quantitative estimate of drug-likeness (QED) is 0.774. The van der Waals surface area contributed by atoms with Gasteiger partial charge in [0, 0.05) is 37.8 Å². The monoisotopic (exact) mass is 301 g/mol. The van der Waals surface area contributed by atoms with Crippen molar-refractivity contribution in [2.24, 2.45) is 0 Å². The fourth-order valence-electron chi connectivity index (χ4n) is 2.68. The van der Waals surface area contributed by atoms with E-state index in [1.54, 1.807) is 24.0 Å². The number of hydrogen-bond acceptors (Lipinski definition) is 7. The highest BCUT2D eigenvalue weighted by Gasteiger charge is 2.19. The fraction of sp³-hybridized carbons (Fsp3) is 0.385. The number of anilines is 2. The Morgan fingerprint density at radius 1 is 1.00 bits per heavy atom. The Balaban J connectivity index is 1.58. The summed E-state index contributed by atoms with van der Waals surface area (Å²) < 4.78 is 0. The second-order valence-corrected chi connectivity index (χ2v) is 5.81. The Kier molecular flexibility index (Phi) is 3.15. The van der Waals surface area contributed by atoms with Gasteiger partial charge in [-0.25, -0.2) is 19.9 Å². The maximum Gasteiger partial charge on any atom is 0.185 e. The predicted octanol–water partition coefficient (Wildman–Crippen LogP) is 1.53. The summed E-state index contributed by atoms with van der Waals surface area (Å²) in [5, 5.41) is 3.13. The molecular weight excluding hydrogens is 286 g/mol. The van der Waals surface area contributed by atoms with Crippen LogP contribution in [0.2, 0.25) is 0 Å². The predicted molar refractivity (Wildman–Crippen MR) is 82.8 cm³/mol. The van der Waals surface area contributed by atoms with Gasteiger partial charge in [0.15, 0.2) is 16.6 Å². The number of nitrogens with one attached hydrogen (secondary N) is 1. The highest BCUT2D eigenvalue weighted by molar-refractivity contribution is 7.13. The zero-order valence-corrected chi connectivity index (χ0v) is 12.3. The van der Waals surface area contributed by atoms with Crippen LogP contribution in [0, 0.1) is 0 Å². The Labute approximate surface area is 125 Å². The first-order valence-electron chi connectivity index (χ1n) is 6.95. The molecule has 0 spiro atoms. The van der Waals surface area contributed by atoms with Crippen molar-refractivity contribution in [3.05, 3.63) is 24.2 Å². The molecule has 8 heteroatoms. The van der Waals surface area contributed by atoms with Crippen molar-refractivity contribution < 1.29 is 0 Å². The first-order valence-corrected chi connectivity index (χ1v) is 7.83. The minimum atomic E-state index is 0.723. The standard InChI is InChI=1S/C13H15N7S/c1-3-19(5-6-20(4-1)13-14-2-7-21-13)12-10-11(16-8-15-10)17-9-18-12/h2,7-9H,1,3-6H2,(H,15,16,17,18). The molecule has 1 N–H and O–H groups in total. The van der Waals surface area contributed by atoms with Gasteiger partial charge in [-0.2, -0.15) is 0 Å². The van der Waals surface area contributed by atoms with Crippen molar-refractivity contribution in [3.8, 4) is 0 Å². The molecule has 1 saturated heterocycles. The van der Waals surface area contributed by atoms with Crippen LogP contribution in [0.5, 0.6) is 0 Å². The Hall–Kier alpha value is -2.22. The number of fused-ring (bicyclic) bond motifs is 1. The summed E-state index contributed by atoms with van der Waals surface area (Å²) in [7, 11) is 0. The van der Waals surface area contributed by atoms with Crippen LogP contribution in [-0.2, 0) is 0 Å². The third-order valence-corrected chi connectivity index (χ3v) is 4.52. The second kappa shape index (κ2) is 5.28. The number of aromatic amines is 1. The Morgan fingerprint density at radius 3 is 2.81 bits per heavy atom. The van der Waals surface area contributed by atoms with E-state index in [-0.39, 0.29) is 0 Å². The average molecular weight is 301 g/mol.